The third-order valence-corrected chi connectivity index (χ3v) is 2.86. The van der Waals surface area contributed by atoms with Crippen LogP contribution in [0.3, 0.4) is 0 Å². The van der Waals surface area contributed by atoms with Crippen LogP contribution in [0.2, 0.25) is 0 Å². The first kappa shape index (κ1) is 11.2. The summed E-state index contributed by atoms with van der Waals surface area (Å²) in [5.41, 5.74) is 6.47. The average molecular weight is 285 g/mol. The Hall–Kier alpha value is -1.30. The van der Waals surface area contributed by atoms with E-state index in [0.717, 1.165) is 17.4 Å². The van der Waals surface area contributed by atoms with Crippen LogP contribution in [0.1, 0.15) is 6.42 Å². The summed E-state index contributed by atoms with van der Waals surface area (Å²) in [5, 5.41) is 2.82. The second-order valence-electron chi connectivity index (χ2n) is 3.69. The molecule has 0 radical (unpaired) electrons. The Morgan fingerprint density at radius 2 is 2.38 bits per heavy atom. The van der Waals surface area contributed by atoms with Gasteiger partial charge in [-0.25, -0.2) is 4.98 Å². The number of aromatic nitrogens is 1. The molecule has 1 amide bonds. The summed E-state index contributed by atoms with van der Waals surface area (Å²) in [6.45, 7) is 1.82. The Balaban J connectivity index is 2.24. The minimum Gasteiger partial charge on any atom is -0.396 e. The first-order valence-electron chi connectivity index (χ1n) is 5.09. The lowest BCUT2D eigenvalue weighted by molar-refractivity contribution is -0.119. The second-order valence-corrected chi connectivity index (χ2v) is 4.61. The maximum absolute atomic E-state index is 11.4. The summed E-state index contributed by atoms with van der Waals surface area (Å²) in [7, 11) is 0. The van der Waals surface area contributed by atoms with Crippen molar-refractivity contribution in [3.8, 4) is 0 Å². The molecule has 1 aromatic heterocycles. The molecule has 1 aromatic rings. The predicted octanol–water partition coefficient (Wildman–Crippen LogP) is 0.753. The molecule has 0 saturated carbocycles. The average Bonchev–Trinajstić information content (AvgIpc) is 2.43. The quantitative estimate of drug-likeness (QED) is 0.799. The molecule has 1 aliphatic rings. The van der Waals surface area contributed by atoms with E-state index in [2.05, 4.69) is 26.2 Å². The van der Waals surface area contributed by atoms with Crippen LogP contribution in [0.5, 0.6) is 0 Å². The Labute approximate surface area is 102 Å². The van der Waals surface area contributed by atoms with E-state index in [-0.39, 0.29) is 5.91 Å². The van der Waals surface area contributed by atoms with Gasteiger partial charge in [-0.15, -0.1) is 0 Å². The highest BCUT2D eigenvalue weighted by molar-refractivity contribution is 9.10. The molecule has 0 spiro atoms. The number of halogens is 1. The van der Waals surface area contributed by atoms with Crippen LogP contribution in [0.4, 0.5) is 11.5 Å². The van der Waals surface area contributed by atoms with Gasteiger partial charge in [-0.3, -0.25) is 4.79 Å². The van der Waals surface area contributed by atoms with Crippen LogP contribution in [-0.2, 0) is 4.79 Å². The number of nitrogens with zero attached hydrogens (tertiary/aromatic N) is 2. The highest BCUT2D eigenvalue weighted by Gasteiger charge is 2.17. The highest BCUT2D eigenvalue weighted by Crippen LogP contribution is 2.23. The van der Waals surface area contributed by atoms with Crippen molar-refractivity contribution in [1.29, 1.82) is 0 Å². The molecule has 1 aliphatic heterocycles. The number of nitrogens with two attached hydrogens (primary N) is 1. The predicted molar refractivity (Wildman–Crippen MR) is 66.2 cm³/mol. The smallest absolute Gasteiger partial charge is 0.239 e. The number of amides is 1. The van der Waals surface area contributed by atoms with Crippen molar-refractivity contribution >= 4 is 33.3 Å². The van der Waals surface area contributed by atoms with Gasteiger partial charge >= 0.3 is 0 Å². The zero-order chi connectivity index (χ0) is 11.5. The van der Waals surface area contributed by atoms with Crippen molar-refractivity contribution in [2.24, 2.45) is 0 Å². The van der Waals surface area contributed by atoms with E-state index >= 15 is 0 Å². The number of pyridine rings is 1. The maximum atomic E-state index is 11.4. The van der Waals surface area contributed by atoms with Gasteiger partial charge in [0, 0.05) is 23.8 Å². The lowest BCUT2D eigenvalue weighted by atomic mass is 10.3. The number of nitrogen functional groups attached to an aromatic ring is 1. The summed E-state index contributed by atoms with van der Waals surface area (Å²) >= 11 is 3.31. The molecule has 2 heterocycles. The molecule has 86 valence electrons. The standard InChI is InChI=1S/C10H13BrN4O/c11-7-4-8(12)10(14-5-7)15-3-1-2-13-9(16)6-15/h4-5H,1-3,6,12H2,(H,13,16). The Morgan fingerprint density at radius 1 is 1.56 bits per heavy atom. The van der Waals surface area contributed by atoms with E-state index in [9.17, 15) is 4.79 Å². The van der Waals surface area contributed by atoms with E-state index in [0.29, 0.717) is 24.6 Å². The van der Waals surface area contributed by atoms with Gasteiger partial charge in [0.2, 0.25) is 5.91 Å². The number of hydrogen-bond donors (Lipinski definition) is 2. The van der Waals surface area contributed by atoms with E-state index in [1.807, 2.05) is 4.90 Å². The molecule has 0 bridgehead atoms. The summed E-state index contributed by atoms with van der Waals surface area (Å²) in [6.07, 6.45) is 2.59. The lowest BCUT2D eigenvalue weighted by Crippen LogP contribution is -2.33. The van der Waals surface area contributed by atoms with Gasteiger partial charge in [0.05, 0.1) is 12.2 Å². The molecule has 1 saturated heterocycles. The van der Waals surface area contributed by atoms with Gasteiger partial charge in [0.25, 0.3) is 0 Å². The molecule has 0 aliphatic carbocycles. The molecule has 2 rings (SSSR count). The highest BCUT2D eigenvalue weighted by atomic mass is 79.9. The summed E-state index contributed by atoms with van der Waals surface area (Å²) < 4.78 is 0.841. The molecule has 0 aromatic carbocycles. The number of hydrogen-bond acceptors (Lipinski definition) is 4. The molecule has 0 atom stereocenters. The Morgan fingerprint density at radius 3 is 3.12 bits per heavy atom. The molecular formula is C10H13BrN4O. The number of anilines is 2. The van der Waals surface area contributed by atoms with Crippen molar-refractivity contribution in [3.63, 3.8) is 0 Å². The SMILES string of the molecule is Nc1cc(Br)cnc1N1CCCNC(=O)C1. The van der Waals surface area contributed by atoms with Gasteiger partial charge in [0.15, 0.2) is 5.82 Å². The molecule has 16 heavy (non-hydrogen) atoms. The lowest BCUT2D eigenvalue weighted by Gasteiger charge is -2.21. The number of rotatable bonds is 1. The number of carbonyl (C=O) groups is 1. The monoisotopic (exact) mass is 284 g/mol. The number of nitrogens with one attached hydrogen (secondary N) is 1. The van der Waals surface area contributed by atoms with Gasteiger partial charge in [-0.2, -0.15) is 0 Å². The maximum Gasteiger partial charge on any atom is 0.239 e. The van der Waals surface area contributed by atoms with Crippen LogP contribution in [-0.4, -0.2) is 30.5 Å². The first-order chi connectivity index (χ1) is 7.66. The van der Waals surface area contributed by atoms with Gasteiger partial charge in [-0.05, 0) is 28.4 Å². The topological polar surface area (TPSA) is 71.2 Å². The second kappa shape index (κ2) is 4.69. The minimum absolute atomic E-state index is 0.0154. The third-order valence-electron chi connectivity index (χ3n) is 2.42. The van der Waals surface area contributed by atoms with Gasteiger partial charge in [0.1, 0.15) is 0 Å². The van der Waals surface area contributed by atoms with Crippen LogP contribution in [0.15, 0.2) is 16.7 Å². The Kier molecular flexibility index (Phi) is 3.28. The van der Waals surface area contributed by atoms with Crippen LogP contribution in [0, 0.1) is 0 Å². The zero-order valence-corrected chi connectivity index (χ0v) is 10.3. The molecule has 1 fully saturated rings. The summed E-state index contributed by atoms with van der Waals surface area (Å²) in [4.78, 5) is 17.6. The van der Waals surface area contributed by atoms with Crippen LogP contribution in [0.25, 0.3) is 0 Å². The van der Waals surface area contributed by atoms with Crippen molar-refractivity contribution in [2.45, 2.75) is 6.42 Å². The van der Waals surface area contributed by atoms with Crippen molar-refractivity contribution in [1.82, 2.24) is 10.3 Å². The van der Waals surface area contributed by atoms with Crippen LogP contribution >= 0.6 is 15.9 Å². The fraction of sp³-hybridized carbons (Fsp3) is 0.400. The number of carbonyl (C=O) groups excluding carboxylic acids is 1. The van der Waals surface area contributed by atoms with Crippen LogP contribution < -0.4 is 16.0 Å². The van der Waals surface area contributed by atoms with E-state index in [1.54, 1.807) is 12.3 Å². The third kappa shape index (κ3) is 2.44. The fourth-order valence-corrected chi connectivity index (χ4v) is 2.05. The minimum atomic E-state index is 0.0154. The normalized spacial score (nSPS) is 16.8. The molecule has 6 heteroatoms. The Bertz CT molecular complexity index is 410. The summed E-state index contributed by atoms with van der Waals surface area (Å²) in [6, 6.07) is 1.80. The molecule has 3 N–H and O–H groups in total. The van der Waals surface area contributed by atoms with Gasteiger partial charge in [-0.1, -0.05) is 0 Å². The molecule has 0 unspecified atom stereocenters. The summed E-state index contributed by atoms with van der Waals surface area (Å²) in [5.74, 6) is 0.696. The zero-order valence-electron chi connectivity index (χ0n) is 8.74. The molecule has 5 nitrogen and oxygen atoms in total. The van der Waals surface area contributed by atoms with Crippen molar-refractivity contribution in [3.05, 3.63) is 16.7 Å². The van der Waals surface area contributed by atoms with E-state index in [4.69, 9.17) is 5.73 Å². The van der Waals surface area contributed by atoms with Gasteiger partial charge < -0.3 is 16.0 Å². The largest absolute Gasteiger partial charge is 0.396 e. The van der Waals surface area contributed by atoms with E-state index < -0.39 is 0 Å². The first-order valence-corrected chi connectivity index (χ1v) is 5.89. The van der Waals surface area contributed by atoms with E-state index in [1.165, 1.54) is 0 Å². The molecular weight excluding hydrogens is 272 g/mol. The van der Waals surface area contributed by atoms with Crippen molar-refractivity contribution < 1.29 is 4.79 Å². The van der Waals surface area contributed by atoms with Crippen molar-refractivity contribution in [2.75, 3.05) is 30.3 Å². The fourth-order valence-electron chi connectivity index (χ4n) is 1.70.